The van der Waals surface area contributed by atoms with Gasteiger partial charge in [0, 0.05) is 15.7 Å². The maximum atomic E-state index is 11.3. The molecule has 3 N–H and O–H groups in total. The predicted octanol–water partition coefficient (Wildman–Crippen LogP) is 1.29. The maximum Gasteiger partial charge on any atom is 0.295 e. The molecule has 0 bridgehead atoms. The van der Waals surface area contributed by atoms with Gasteiger partial charge in [0.15, 0.2) is 0 Å². The molecule has 0 unspecified atom stereocenters. The molecule has 0 atom stereocenters. The van der Waals surface area contributed by atoms with E-state index in [0.717, 1.165) is 6.07 Å². The van der Waals surface area contributed by atoms with Gasteiger partial charge in [0.2, 0.25) is 10.0 Å². The summed E-state index contributed by atoms with van der Waals surface area (Å²) in [5.74, 6) is 0. The Bertz CT molecular complexity index is 871. The first-order valence-electron chi connectivity index (χ1n) is 4.85. The van der Waals surface area contributed by atoms with Crippen molar-refractivity contribution in [3.8, 4) is 0 Å². The minimum absolute atomic E-state index is 0.141. The number of rotatable bonds is 2. The maximum absolute atomic E-state index is 11.3. The van der Waals surface area contributed by atoms with E-state index in [2.05, 4.69) is 0 Å². The van der Waals surface area contributed by atoms with E-state index in [1.165, 1.54) is 24.3 Å². The van der Waals surface area contributed by atoms with Gasteiger partial charge in [0.1, 0.15) is 4.90 Å². The van der Waals surface area contributed by atoms with Crippen molar-refractivity contribution < 1.29 is 21.4 Å². The van der Waals surface area contributed by atoms with Crippen LogP contribution in [0.3, 0.4) is 0 Å². The molecule has 101 valence electrons. The fourth-order valence-corrected chi connectivity index (χ4v) is 3.29. The van der Waals surface area contributed by atoms with Crippen molar-refractivity contribution in [1.29, 1.82) is 0 Å². The van der Waals surface area contributed by atoms with Crippen molar-refractivity contribution in [3.05, 3.63) is 30.3 Å². The highest BCUT2D eigenvalue weighted by Crippen LogP contribution is 2.30. The monoisotopic (exact) mass is 318 g/mol. The van der Waals surface area contributed by atoms with Gasteiger partial charge in [0.25, 0.3) is 10.1 Å². The molecule has 0 amide bonds. The van der Waals surface area contributed by atoms with Gasteiger partial charge < -0.3 is 0 Å². The Morgan fingerprint density at radius 3 is 2.21 bits per heavy atom. The molecule has 6 nitrogen and oxygen atoms in total. The smallest absolute Gasteiger partial charge is 0.282 e. The van der Waals surface area contributed by atoms with Gasteiger partial charge in [-0.25, -0.2) is 13.6 Å². The lowest BCUT2D eigenvalue weighted by atomic mass is 10.1. The van der Waals surface area contributed by atoms with Gasteiger partial charge in [-0.2, -0.15) is 8.42 Å². The third kappa shape index (κ3) is 2.69. The van der Waals surface area contributed by atoms with Crippen LogP contribution >= 0.6 is 12.6 Å². The third-order valence-electron chi connectivity index (χ3n) is 2.50. The van der Waals surface area contributed by atoms with Crippen LogP contribution in [0.15, 0.2) is 45.0 Å². The average Bonchev–Trinajstić information content (AvgIpc) is 2.25. The summed E-state index contributed by atoms with van der Waals surface area (Å²) in [4.78, 5) is -0.710. The lowest BCUT2D eigenvalue weighted by Crippen LogP contribution is -2.13. The number of benzene rings is 2. The second-order valence-electron chi connectivity index (χ2n) is 3.79. The number of fused-ring (bicyclic) bond motifs is 1. The predicted molar refractivity (Wildman–Crippen MR) is 71.0 cm³/mol. The average molecular weight is 318 g/mol. The van der Waals surface area contributed by atoms with Gasteiger partial charge in [-0.1, -0.05) is 24.8 Å². The quantitative estimate of drug-likeness (QED) is 0.810. The Morgan fingerprint density at radius 2 is 1.68 bits per heavy atom. The highest BCUT2D eigenvalue weighted by molar-refractivity contribution is 7.89. The Kier molecular flexibility index (Phi) is 3.27. The Balaban J connectivity index is 3.06. The number of hydrogen-bond acceptors (Lipinski definition) is 4. The van der Waals surface area contributed by atoms with E-state index in [0.29, 0.717) is 0 Å². The van der Waals surface area contributed by atoms with E-state index in [1.54, 1.807) is 0 Å². The van der Waals surface area contributed by atoms with Gasteiger partial charge in [-0.3, -0.25) is 4.55 Å². The van der Waals surface area contributed by atoms with Crippen LogP contribution in [0.2, 0.25) is 0 Å². The van der Waals surface area contributed by atoms with E-state index in [1.807, 2.05) is 0 Å². The van der Waals surface area contributed by atoms with Crippen molar-refractivity contribution >= 4 is 43.5 Å². The lowest BCUT2D eigenvalue weighted by Gasteiger charge is -2.08. The molecule has 19 heavy (non-hydrogen) atoms. The second-order valence-corrected chi connectivity index (χ2v) is 7.18. The SMILES string of the molecule is NS(=O)(=O)c1cc(S(=O)(=O)O)c2cccc([S])c2c1. The van der Waals surface area contributed by atoms with E-state index < -0.39 is 29.9 Å². The molecule has 0 aliphatic heterocycles. The summed E-state index contributed by atoms with van der Waals surface area (Å²) in [6, 6.07) is 6.43. The standard InChI is InChI=1S/C10H8NO5S3/c11-18(12,13)6-4-8-7(2-1-3-9(8)17)10(5-6)19(14,15)16/h1-5H,(H2,11,12,13)(H,14,15,16). The molecular weight excluding hydrogens is 310 g/mol. The van der Waals surface area contributed by atoms with Crippen molar-refractivity contribution in [2.75, 3.05) is 0 Å². The molecule has 0 saturated heterocycles. The molecular formula is C10H8NO5S3. The van der Waals surface area contributed by atoms with Crippen LogP contribution < -0.4 is 5.14 Å². The number of sulfonamides is 1. The third-order valence-corrected chi connectivity index (χ3v) is 4.64. The van der Waals surface area contributed by atoms with Crippen LogP contribution in [-0.4, -0.2) is 21.4 Å². The summed E-state index contributed by atoms with van der Waals surface area (Å²) in [5, 5.41) is 5.33. The van der Waals surface area contributed by atoms with Crippen molar-refractivity contribution in [3.63, 3.8) is 0 Å². The molecule has 0 fully saturated rings. The molecule has 2 aromatic carbocycles. The van der Waals surface area contributed by atoms with Crippen LogP contribution in [0.25, 0.3) is 10.8 Å². The van der Waals surface area contributed by atoms with Gasteiger partial charge >= 0.3 is 0 Å². The molecule has 0 spiro atoms. The van der Waals surface area contributed by atoms with Gasteiger partial charge in [-0.05, 0) is 18.2 Å². The first-order valence-corrected chi connectivity index (χ1v) is 8.24. The molecule has 0 aromatic heterocycles. The first kappa shape index (κ1) is 14.2. The lowest BCUT2D eigenvalue weighted by molar-refractivity contribution is 0.484. The molecule has 0 aliphatic rings. The Labute approximate surface area is 115 Å². The largest absolute Gasteiger partial charge is 0.295 e. The first-order chi connectivity index (χ1) is 8.60. The van der Waals surface area contributed by atoms with Crippen molar-refractivity contribution in [2.24, 2.45) is 5.14 Å². The summed E-state index contributed by atoms with van der Waals surface area (Å²) in [6.07, 6.45) is 0. The minimum Gasteiger partial charge on any atom is -0.282 e. The molecule has 0 aliphatic carbocycles. The van der Waals surface area contributed by atoms with E-state index in [-0.39, 0.29) is 15.7 Å². The number of hydrogen-bond donors (Lipinski definition) is 2. The summed E-state index contributed by atoms with van der Waals surface area (Å²) in [5.41, 5.74) is 0. The van der Waals surface area contributed by atoms with Gasteiger partial charge in [-0.15, -0.1) is 0 Å². The summed E-state index contributed by atoms with van der Waals surface area (Å²) < 4.78 is 54.5. The fraction of sp³-hybridized carbons (Fsp3) is 0. The van der Waals surface area contributed by atoms with Crippen LogP contribution in [-0.2, 0) is 20.1 Å². The molecule has 2 rings (SSSR count). The highest BCUT2D eigenvalue weighted by atomic mass is 32.2. The minimum atomic E-state index is -4.60. The van der Waals surface area contributed by atoms with Crippen LogP contribution in [0.1, 0.15) is 0 Å². The molecule has 0 heterocycles. The molecule has 9 heteroatoms. The van der Waals surface area contributed by atoms with Crippen molar-refractivity contribution in [1.82, 2.24) is 0 Å². The van der Waals surface area contributed by atoms with Crippen LogP contribution in [0.4, 0.5) is 0 Å². The Morgan fingerprint density at radius 1 is 1.05 bits per heavy atom. The normalized spacial score (nSPS) is 12.7. The summed E-state index contributed by atoms with van der Waals surface area (Å²) >= 11 is 5.01. The molecule has 0 saturated carbocycles. The van der Waals surface area contributed by atoms with Gasteiger partial charge in [0.05, 0.1) is 4.90 Å². The molecule has 1 radical (unpaired) electrons. The molecule has 2 aromatic rings. The Hall–Kier alpha value is -1.26. The van der Waals surface area contributed by atoms with Crippen LogP contribution in [0, 0.1) is 0 Å². The van der Waals surface area contributed by atoms with E-state index in [9.17, 15) is 21.4 Å². The second kappa shape index (κ2) is 4.39. The summed E-state index contributed by atoms with van der Waals surface area (Å²) in [7, 11) is -8.71. The number of primary sulfonamides is 1. The number of nitrogens with two attached hydrogens (primary N) is 1. The zero-order valence-corrected chi connectivity index (χ0v) is 11.7. The zero-order valence-electron chi connectivity index (χ0n) is 9.27. The fourth-order valence-electron chi connectivity index (χ4n) is 1.68. The highest BCUT2D eigenvalue weighted by Gasteiger charge is 2.20. The zero-order chi connectivity index (χ0) is 14.4. The topological polar surface area (TPSA) is 115 Å². The van der Waals surface area contributed by atoms with Crippen molar-refractivity contribution in [2.45, 2.75) is 14.7 Å². The van der Waals surface area contributed by atoms with E-state index >= 15 is 0 Å². The summed E-state index contributed by atoms with van der Waals surface area (Å²) in [6.45, 7) is 0. The van der Waals surface area contributed by atoms with Crippen LogP contribution in [0.5, 0.6) is 0 Å². The van der Waals surface area contributed by atoms with E-state index in [4.69, 9.17) is 17.8 Å².